The van der Waals surface area contributed by atoms with Gasteiger partial charge in [0.25, 0.3) is 0 Å². The van der Waals surface area contributed by atoms with E-state index in [1.54, 1.807) is 19.1 Å². The van der Waals surface area contributed by atoms with E-state index < -0.39 is 11.8 Å². The van der Waals surface area contributed by atoms with Crippen LogP contribution in [-0.4, -0.2) is 17.4 Å². The summed E-state index contributed by atoms with van der Waals surface area (Å²) >= 11 is 0. The summed E-state index contributed by atoms with van der Waals surface area (Å²) in [7, 11) is 0. The van der Waals surface area contributed by atoms with Crippen LogP contribution >= 0.6 is 0 Å². The molecular formula is C13H13FN2O2. The molecule has 0 bridgehead atoms. The van der Waals surface area contributed by atoms with Crippen LogP contribution in [0.2, 0.25) is 0 Å². The van der Waals surface area contributed by atoms with E-state index in [2.05, 4.69) is 11.6 Å². The molecule has 0 aromatic heterocycles. The molecule has 0 spiro atoms. The highest BCUT2D eigenvalue weighted by molar-refractivity contribution is 5.92. The van der Waals surface area contributed by atoms with E-state index in [0.29, 0.717) is 11.1 Å². The van der Waals surface area contributed by atoms with Gasteiger partial charge in [-0.2, -0.15) is 0 Å². The zero-order valence-electron chi connectivity index (χ0n) is 9.85. The molecule has 0 aliphatic rings. The maximum Gasteiger partial charge on any atom is 0.335 e. The SMILES string of the molecule is C=C(/C=C(\N=CN)c1ccc(C)c(F)c1)C(=O)O. The van der Waals surface area contributed by atoms with Crippen LogP contribution in [0.25, 0.3) is 5.70 Å². The van der Waals surface area contributed by atoms with Gasteiger partial charge in [-0.1, -0.05) is 18.7 Å². The highest BCUT2D eigenvalue weighted by Gasteiger charge is 2.07. The molecule has 0 radical (unpaired) electrons. The standard InChI is InChI=1S/C13H13FN2O2/c1-8-3-4-10(6-11(8)14)12(16-7-15)5-9(2)13(17)18/h3-7H,2H2,1H3,(H2,15,16)(H,17,18)/b12-5-. The number of nitrogens with zero attached hydrogens (tertiary/aromatic N) is 1. The maximum absolute atomic E-state index is 13.4. The third-order valence-corrected chi connectivity index (χ3v) is 2.27. The highest BCUT2D eigenvalue weighted by atomic mass is 19.1. The van der Waals surface area contributed by atoms with Gasteiger partial charge in [0.2, 0.25) is 0 Å². The van der Waals surface area contributed by atoms with Crippen LogP contribution in [0.1, 0.15) is 11.1 Å². The minimum absolute atomic E-state index is 0.156. The number of rotatable bonds is 4. The molecular weight excluding hydrogens is 235 g/mol. The second kappa shape index (κ2) is 5.77. The number of aliphatic carboxylic acids is 1. The molecule has 1 rings (SSSR count). The van der Waals surface area contributed by atoms with E-state index in [0.717, 1.165) is 6.34 Å². The van der Waals surface area contributed by atoms with Crippen LogP contribution in [0, 0.1) is 12.7 Å². The average Bonchev–Trinajstić information content (AvgIpc) is 2.32. The normalized spacial score (nSPS) is 11.8. The number of aliphatic imine (C=N–C) groups is 1. The first-order valence-corrected chi connectivity index (χ1v) is 5.10. The Morgan fingerprint density at radius 2 is 2.22 bits per heavy atom. The van der Waals surface area contributed by atoms with Gasteiger partial charge in [-0.15, -0.1) is 0 Å². The van der Waals surface area contributed by atoms with Crippen molar-refractivity contribution < 1.29 is 14.3 Å². The van der Waals surface area contributed by atoms with Crippen LogP contribution < -0.4 is 5.73 Å². The van der Waals surface area contributed by atoms with Gasteiger partial charge in [0.1, 0.15) is 5.82 Å². The lowest BCUT2D eigenvalue weighted by atomic mass is 10.1. The number of hydrogen-bond donors (Lipinski definition) is 2. The molecule has 0 fully saturated rings. The zero-order chi connectivity index (χ0) is 13.7. The first-order chi connectivity index (χ1) is 8.45. The van der Waals surface area contributed by atoms with Crippen molar-refractivity contribution in [3.63, 3.8) is 0 Å². The van der Waals surface area contributed by atoms with Crippen molar-refractivity contribution in [2.24, 2.45) is 10.7 Å². The molecule has 0 aliphatic carbocycles. The molecule has 4 nitrogen and oxygen atoms in total. The summed E-state index contributed by atoms with van der Waals surface area (Å²) in [6, 6.07) is 4.48. The summed E-state index contributed by atoms with van der Waals surface area (Å²) in [6.07, 6.45) is 2.24. The molecule has 0 amide bonds. The van der Waals surface area contributed by atoms with Crippen LogP contribution in [0.15, 0.2) is 41.4 Å². The molecule has 1 aromatic rings. The van der Waals surface area contributed by atoms with Crippen LogP contribution in [-0.2, 0) is 4.79 Å². The topological polar surface area (TPSA) is 75.7 Å². The maximum atomic E-state index is 13.4. The van der Waals surface area contributed by atoms with E-state index in [1.807, 2.05) is 0 Å². The second-order valence-electron chi connectivity index (χ2n) is 3.60. The Balaban J connectivity index is 3.24. The average molecular weight is 248 g/mol. The summed E-state index contributed by atoms with van der Waals surface area (Å²) in [6.45, 7) is 4.99. The monoisotopic (exact) mass is 248 g/mol. The number of halogens is 1. The summed E-state index contributed by atoms with van der Waals surface area (Å²) in [4.78, 5) is 14.5. The van der Waals surface area contributed by atoms with Crippen molar-refractivity contribution in [2.75, 3.05) is 0 Å². The smallest absolute Gasteiger partial charge is 0.335 e. The first-order valence-electron chi connectivity index (χ1n) is 5.10. The first kappa shape index (κ1) is 13.6. The fourth-order valence-electron chi connectivity index (χ4n) is 1.25. The number of carbonyl (C=O) groups is 1. The third kappa shape index (κ3) is 3.28. The largest absolute Gasteiger partial charge is 0.478 e. The molecule has 94 valence electrons. The van der Waals surface area contributed by atoms with Gasteiger partial charge in [-0.25, -0.2) is 14.2 Å². The molecule has 3 N–H and O–H groups in total. The number of nitrogens with two attached hydrogens (primary N) is 1. The Morgan fingerprint density at radius 1 is 1.56 bits per heavy atom. The van der Waals surface area contributed by atoms with E-state index >= 15 is 0 Å². The van der Waals surface area contributed by atoms with E-state index in [-0.39, 0.29) is 11.3 Å². The fourth-order valence-corrected chi connectivity index (χ4v) is 1.25. The fraction of sp³-hybridized carbons (Fsp3) is 0.0769. The predicted octanol–water partition coefficient (Wildman–Crippen LogP) is 2.10. The number of benzene rings is 1. The minimum atomic E-state index is -1.17. The minimum Gasteiger partial charge on any atom is -0.478 e. The predicted molar refractivity (Wildman–Crippen MR) is 68.6 cm³/mol. The molecule has 18 heavy (non-hydrogen) atoms. The third-order valence-electron chi connectivity index (χ3n) is 2.27. The van der Waals surface area contributed by atoms with Gasteiger partial charge in [0.05, 0.1) is 17.6 Å². The summed E-state index contributed by atoms with van der Waals surface area (Å²) < 4.78 is 13.4. The lowest BCUT2D eigenvalue weighted by Crippen LogP contribution is -1.98. The number of carboxylic acids is 1. The van der Waals surface area contributed by atoms with E-state index in [1.165, 1.54) is 12.1 Å². The highest BCUT2D eigenvalue weighted by Crippen LogP contribution is 2.20. The second-order valence-corrected chi connectivity index (χ2v) is 3.60. The molecule has 0 heterocycles. The van der Waals surface area contributed by atoms with Gasteiger partial charge < -0.3 is 10.8 Å². The molecule has 5 heteroatoms. The van der Waals surface area contributed by atoms with Crippen LogP contribution in [0.5, 0.6) is 0 Å². The molecule has 0 saturated carbocycles. The van der Waals surface area contributed by atoms with Gasteiger partial charge in [0.15, 0.2) is 0 Å². The molecule has 0 atom stereocenters. The Labute approximate surface area is 104 Å². The summed E-state index contributed by atoms with van der Waals surface area (Å²) in [5.41, 5.74) is 6.19. The van der Waals surface area contributed by atoms with Crippen molar-refractivity contribution in [1.29, 1.82) is 0 Å². The molecule has 0 aliphatic heterocycles. The Hall–Kier alpha value is -2.43. The van der Waals surface area contributed by atoms with Crippen molar-refractivity contribution in [1.82, 2.24) is 0 Å². The summed E-state index contributed by atoms with van der Waals surface area (Å²) in [5.74, 6) is -1.57. The Kier molecular flexibility index (Phi) is 4.37. The lowest BCUT2D eigenvalue weighted by molar-refractivity contribution is -0.132. The van der Waals surface area contributed by atoms with Gasteiger partial charge >= 0.3 is 5.97 Å². The Morgan fingerprint density at radius 3 is 2.72 bits per heavy atom. The van der Waals surface area contributed by atoms with Gasteiger partial charge in [-0.3, -0.25) is 0 Å². The van der Waals surface area contributed by atoms with E-state index in [9.17, 15) is 9.18 Å². The van der Waals surface area contributed by atoms with Crippen molar-refractivity contribution in [3.05, 3.63) is 53.4 Å². The number of aryl methyl sites for hydroxylation is 1. The molecule has 0 unspecified atom stereocenters. The number of carboxylic acid groups (broad SMARTS) is 1. The summed E-state index contributed by atoms with van der Waals surface area (Å²) in [5, 5.41) is 8.74. The van der Waals surface area contributed by atoms with E-state index in [4.69, 9.17) is 10.8 Å². The van der Waals surface area contributed by atoms with Gasteiger partial charge in [-0.05, 0) is 24.6 Å². The molecule has 0 saturated heterocycles. The molecule has 1 aromatic carbocycles. The number of hydrogen-bond acceptors (Lipinski definition) is 2. The van der Waals surface area contributed by atoms with Crippen molar-refractivity contribution in [3.8, 4) is 0 Å². The van der Waals surface area contributed by atoms with Gasteiger partial charge in [0, 0.05) is 5.56 Å². The Bertz CT molecular complexity index is 548. The van der Waals surface area contributed by atoms with Crippen LogP contribution in [0.4, 0.5) is 4.39 Å². The van der Waals surface area contributed by atoms with Crippen molar-refractivity contribution >= 4 is 18.0 Å². The van der Waals surface area contributed by atoms with Crippen LogP contribution in [0.3, 0.4) is 0 Å². The zero-order valence-corrected chi connectivity index (χ0v) is 9.85. The quantitative estimate of drug-likeness (QED) is 0.371. The lowest BCUT2D eigenvalue weighted by Gasteiger charge is -2.04. The van der Waals surface area contributed by atoms with Crippen molar-refractivity contribution in [2.45, 2.75) is 6.92 Å².